The number of benzene rings is 1. The molecule has 1 aromatic carbocycles. The van der Waals surface area contributed by atoms with Gasteiger partial charge in [-0.05, 0) is 25.5 Å². The van der Waals surface area contributed by atoms with Gasteiger partial charge >= 0.3 is 6.03 Å². The van der Waals surface area contributed by atoms with Crippen LogP contribution in [0.15, 0.2) is 22.4 Å². The number of carbonyl (C=O) groups excluding carboxylic acids is 1. The van der Waals surface area contributed by atoms with E-state index in [0.717, 1.165) is 16.6 Å². The molecule has 2 rings (SSSR count). The van der Waals surface area contributed by atoms with Crippen LogP contribution >= 0.6 is 0 Å². The van der Waals surface area contributed by atoms with Crippen molar-refractivity contribution >= 4 is 22.6 Å². The Morgan fingerprint density at radius 1 is 1.41 bits per heavy atom. The van der Waals surface area contributed by atoms with Crippen molar-refractivity contribution in [1.82, 2.24) is 4.98 Å². The van der Waals surface area contributed by atoms with Gasteiger partial charge in [-0.15, -0.1) is 5.11 Å². The number of nitrogens with zero attached hydrogens (tertiary/aromatic N) is 2. The molecule has 2 aromatic rings. The second-order valence-electron chi connectivity index (χ2n) is 3.86. The minimum atomic E-state index is -0.900. The van der Waals surface area contributed by atoms with Gasteiger partial charge in [0.05, 0.1) is 5.52 Å². The molecule has 0 unspecified atom stereocenters. The number of carbonyl (C=O) groups is 1. The number of urea groups is 1. The molecular weight excluding hydrogens is 220 g/mol. The number of nitrogens with one attached hydrogen (secondary N) is 1. The highest BCUT2D eigenvalue weighted by molar-refractivity contribution is 5.96. The normalized spacial score (nSPS) is 11.4. The molecule has 0 aliphatic rings. The van der Waals surface area contributed by atoms with Gasteiger partial charge in [-0.3, -0.25) is 0 Å². The number of hydrogen-bond donors (Lipinski definition) is 3. The second-order valence-corrected chi connectivity index (χ2v) is 3.86. The number of aromatic hydroxyl groups is 1. The maximum atomic E-state index is 10.5. The van der Waals surface area contributed by atoms with E-state index in [9.17, 15) is 9.90 Å². The van der Waals surface area contributed by atoms with Crippen molar-refractivity contribution in [3.63, 3.8) is 0 Å². The lowest BCUT2D eigenvalue weighted by Crippen LogP contribution is -2.01. The van der Waals surface area contributed by atoms with Crippen LogP contribution in [0.4, 0.5) is 10.5 Å². The van der Waals surface area contributed by atoms with Crippen LogP contribution in [-0.4, -0.2) is 16.1 Å². The third-order valence-electron chi connectivity index (χ3n) is 2.45. The summed E-state index contributed by atoms with van der Waals surface area (Å²) in [4.78, 5) is 13.3. The summed E-state index contributed by atoms with van der Waals surface area (Å²) < 4.78 is 0. The summed E-state index contributed by atoms with van der Waals surface area (Å²) in [6.07, 6.45) is 0. The number of amides is 2. The molecule has 1 aromatic heterocycles. The number of primary amides is 1. The molecule has 0 radical (unpaired) electrons. The first-order valence-electron chi connectivity index (χ1n) is 5.02. The molecule has 0 atom stereocenters. The van der Waals surface area contributed by atoms with Gasteiger partial charge < -0.3 is 15.8 Å². The molecule has 6 heteroatoms. The van der Waals surface area contributed by atoms with Crippen LogP contribution in [0.25, 0.3) is 10.9 Å². The first kappa shape index (κ1) is 11.1. The van der Waals surface area contributed by atoms with Gasteiger partial charge in [0.1, 0.15) is 0 Å². The zero-order chi connectivity index (χ0) is 12.6. The number of azo groups is 1. The van der Waals surface area contributed by atoms with E-state index in [2.05, 4.69) is 15.2 Å². The zero-order valence-electron chi connectivity index (χ0n) is 9.48. The van der Waals surface area contributed by atoms with E-state index in [-0.39, 0.29) is 11.6 Å². The smallest absolute Gasteiger partial charge is 0.356 e. The van der Waals surface area contributed by atoms with E-state index in [1.807, 2.05) is 26.0 Å². The Bertz CT molecular complexity index is 628. The topological polar surface area (TPSA) is 104 Å². The number of hydrogen-bond acceptors (Lipinski definition) is 3. The van der Waals surface area contributed by atoms with Crippen LogP contribution in [0, 0.1) is 13.8 Å². The molecule has 0 bridgehead atoms. The molecule has 6 nitrogen and oxygen atoms in total. The number of H-pyrrole nitrogens is 1. The number of aromatic nitrogens is 1. The Labute approximate surface area is 97.2 Å². The second kappa shape index (κ2) is 3.89. The SMILES string of the molecule is Cc1cc(C)c2[nH]c(O)c(N=NC(N)=O)c2c1. The molecule has 2 amide bonds. The van der Waals surface area contributed by atoms with Gasteiger partial charge in [-0.2, -0.15) is 0 Å². The van der Waals surface area contributed by atoms with Crippen LogP contribution in [0.1, 0.15) is 11.1 Å². The summed E-state index contributed by atoms with van der Waals surface area (Å²) in [6.45, 7) is 3.85. The molecule has 17 heavy (non-hydrogen) atoms. The monoisotopic (exact) mass is 232 g/mol. The van der Waals surface area contributed by atoms with E-state index < -0.39 is 6.03 Å². The lowest BCUT2D eigenvalue weighted by Gasteiger charge is -1.98. The Kier molecular flexibility index (Phi) is 2.55. The number of aromatic amines is 1. The van der Waals surface area contributed by atoms with Crippen molar-refractivity contribution in [3.05, 3.63) is 23.3 Å². The average Bonchev–Trinajstić information content (AvgIpc) is 2.52. The first-order chi connectivity index (χ1) is 7.99. The fourth-order valence-electron chi connectivity index (χ4n) is 1.83. The maximum absolute atomic E-state index is 10.5. The predicted octanol–water partition coefficient (Wildman–Crippen LogP) is 2.65. The third kappa shape index (κ3) is 1.96. The molecule has 0 fully saturated rings. The molecule has 1 heterocycles. The summed E-state index contributed by atoms with van der Waals surface area (Å²) in [5.41, 5.74) is 7.88. The summed E-state index contributed by atoms with van der Waals surface area (Å²) in [6, 6.07) is 2.93. The minimum Gasteiger partial charge on any atom is -0.493 e. The minimum absolute atomic E-state index is 0.126. The van der Waals surface area contributed by atoms with E-state index >= 15 is 0 Å². The molecule has 0 aliphatic carbocycles. The number of fused-ring (bicyclic) bond motifs is 1. The largest absolute Gasteiger partial charge is 0.493 e. The summed E-state index contributed by atoms with van der Waals surface area (Å²) in [5.74, 6) is -0.126. The zero-order valence-corrected chi connectivity index (χ0v) is 9.48. The van der Waals surface area contributed by atoms with Gasteiger partial charge in [0.25, 0.3) is 0 Å². The number of rotatable bonds is 1. The molecular formula is C11H12N4O2. The van der Waals surface area contributed by atoms with Crippen molar-refractivity contribution in [3.8, 4) is 5.88 Å². The highest BCUT2D eigenvalue weighted by Gasteiger charge is 2.12. The van der Waals surface area contributed by atoms with E-state index in [0.29, 0.717) is 5.39 Å². The van der Waals surface area contributed by atoms with Crippen LogP contribution in [0.3, 0.4) is 0 Å². The highest BCUT2D eigenvalue weighted by atomic mass is 16.3. The lowest BCUT2D eigenvalue weighted by atomic mass is 10.1. The van der Waals surface area contributed by atoms with Crippen LogP contribution < -0.4 is 5.73 Å². The first-order valence-corrected chi connectivity index (χ1v) is 5.02. The highest BCUT2D eigenvalue weighted by Crippen LogP contribution is 2.37. The fraction of sp³-hybridized carbons (Fsp3) is 0.182. The quantitative estimate of drug-likeness (QED) is 0.658. The molecule has 0 aliphatic heterocycles. The Morgan fingerprint density at radius 2 is 2.12 bits per heavy atom. The van der Waals surface area contributed by atoms with Crippen molar-refractivity contribution in [2.24, 2.45) is 16.0 Å². The Balaban J connectivity index is 2.70. The Morgan fingerprint density at radius 3 is 2.76 bits per heavy atom. The summed E-state index contributed by atoms with van der Waals surface area (Å²) >= 11 is 0. The van der Waals surface area contributed by atoms with Crippen molar-refractivity contribution < 1.29 is 9.90 Å². The van der Waals surface area contributed by atoms with Gasteiger partial charge in [-0.1, -0.05) is 16.7 Å². The maximum Gasteiger partial charge on any atom is 0.356 e. The van der Waals surface area contributed by atoms with Gasteiger partial charge in [0, 0.05) is 5.39 Å². The molecule has 0 spiro atoms. The molecule has 0 saturated heterocycles. The van der Waals surface area contributed by atoms with Crippen LogP contribution in [0.2, 0.25) is 0 Å². The molecule has 4 N–H and O–H groups in total. The van der Waals surface area contributed by atoms with E-state index in [1.165, 1.54) is 0 Å². The summed E-state index contributed by atoms with van der Waals surface area (Å²) in [7, 11) is 0. The standard InChI is InChI=1S/C11H12N4O2/c1-5-3-6(2)8-7(4-5)9(10(16)13-8)14-15-11(12)17/h3-4,13,16H,1-2H3,(H2,12,17). The third-order valence-corrected chi connectivity index (χ3v) is 2.45. The summed E-state index contributed by atoms with van der Waals surface area (Å²) in [5, 5.41) is 17.3. The van der Waals surface area contributed by atoms with Crippen LogP contribution in [-0.2, 0) is 0 Å². The predicted molar refractivity (Wildman–Crippen MR) is 63.5 cm³/mol. The van der Waals surface area contributed by atoms with E-state index in [4.69, 9.17) is 5.73 Å². The van der Waals surface area contributed by atoms with Gasteiger partial charge in [0.15, 0.2) is 5.69 Å². The fourth-order valence-corrected chi connectivity index (χ4v) is 1.83. The van der Waals surface area contributed by atoms with Crippen molar-refractivity contribution in [1.29, 1.82) is 0 Å². The van der Waals surface area contributed by atoms with Gasteiger partial charge in [0.2, 0.25) is 5.88 Å². The van der Waals surface area contributed by atoms with Crippen LogP contribution in [0.5, 0.6) is 5.88 Å². The number of nitrogens with two attached hydrogens (primary N) is 1. The lowest BCUT2D eigenvalue weighted by molar-refractivity contribution is 0.255. The Hall–Kier alpha value is -2.37. The molecule has 0 saturated carbocycles. The number of aryl methyl sites for hydroxylation is 2. The molecule has 88 valence electrons. The van der Waals surface area contributed by atoms with E-state index in [1.54, 1.807) is 0 Å². The van der Waals surface area contributed by atoms with Crippen molar-refractivity contribution in [2.45, 2.75) is 13.8 Å². The average molecular weight is 232 g/mol. The van der Waals surface area contributed by atoms with Crippen molar-refractivity contribution in [2.75, 3.05) is 0 Å². The van der Waals surface area contributed by atoms with Gasteiger partial charge in [-0.25, -0.2) is 4.79 Å².